The number of benzene rings is 6. The fourth-order valence-electron chi connectivity index (χ4n) is 7.29. The molecule has 4 heterocycles. The molecule has 0 N–H and O–H groups in total. The Bertz CT molecular complexity index is 2560. The van der Waals surface area contributed by atoms with Crippen LogP contribution in [0.5, 0.6) is 0 Å². The second-order valence-electron chi connectivity index (χ2n) is 11.9. The van der Waals surface area contributed by atoms with Crippen LogP contribution in [0.15, 0.2) is 118 Å². The minimum Gasteiger partial charge on any atom is -0.454 e. The van der Waals surface area contributed by atoms with Gasteiger partial charge in [-0.1, -0.05) is 86.6 Å². The molecule has 0 aliphatic rings. The molecular formula is C39H25NO2. The molecule has 10 rings (SSSR count). The lowest BCUT2D eigenvalue weighted by atomic mass is 9.95. The van der Waals surface area contributed by atoms with E-state index in [2.05, 4.69) is 115 Å². The molecule has 6 aromatic carbocycles. The van der Waals surface area contributed by atoms with Crippen molar-refractivity contribution in [2.75, 3.05) is 0 Å². The number of fused-ring (bicyclic) bond motifs is 14. The summed E-state index contributed by atoms with van der Waals surface area (Å²) in [5.74, 6) is 0.467. The van der Waals surface area contributed by atoms with Crippen molar-refractivity contribution in [2.24, 2.45) is 0 Å². The first kappa shape index (κ1) is 22.4. The van der Waals surface area contributed by atoms with Crippen LogP contribution in [0, 0.1) is 0 Å². The van der Waals surface area contributed by atoms with Gasteiger partial charge in [-0.05, 0) is 59.0 Å². The number of rotatable bonds is 2. The lowest BCUT2D eigenvalue weighted by Gasteiger charge is -2.09. The normalized spacial score (nSPS) is 12.7. The quantitative estimate of drug-likeness (QED) is 0.219. The average molecular weight is 540 g/mol. The monoisotopic (exact) mass is 539 g/mol. The summed E-state index contributed by atoms with van der Waals surface area (Å²) >= 11 is 0. The Labute approximate surface area is 240 Å². The van der Waals surface area contributed by atoms with Gasteiger partial charge in [-0.15, -0.1) is 0 Å². The van der Waals surface area contributed by atoms with Crippen molar-refractivity contribution in [3.63, 3.8) is 0 Å². The topological polar surface area (TPSA) is 30.7 Å². The van der Waals surface area contributed by atoms with Crippen LogP contribution in [0.1, 0.15) is 25.3 Å². The van der Waals surface area contributed by atoms with E-state index in [0.717, 1.165) is 54.9 Å². The highest BCUT2D eigenvalue weighted by atomic mass is 16.3. The third-order valence-corrected chi connectivity index (χ3v) is 9.29. The maximum atomic E-state index is 6.65. The van der Waals surface area contributed by atoms with E-state index in [4.69, 9.17) is 8.83 Å². The Hall–Kier alpha value is -5.28. The van der Waals surface area contributed by atoms with E-state index in [-0.39, 0.29) is 0 Å². The Morgan fingerprint density at radius 1 is 0.452 bits per heavy atom. The molecule has 0 amide bonds. The summed E-state index contributed by atoms with van der Waals surface area (Å²) in [6.07, 6.45) is 0. The van der Waals surface area contributed by atoms with E-state index in [1.807, 2.05) is 12.1 Å². The Kier molecular flexibility index (Phi) is 4.12. The maximum absolute atomic E-state index is 6.65. The van der Waals surface area contributed by atoms with Gasteiger partial charge in [0.1, 0.15) is 11.2 Å². The Morgan fingerprint density at radius 2 is 1.00 bits per heavy atom. The summed E-state index contributed by atoms with van der Waals surface area (Å²) in [5.41, 5.74) is 10.9. The lowest BCUT2D eigenvalue weighted by Crippen LogP contribution is -1.88. The van der Waals surface area contributed by atoms with E-state index in [1.54, 1.807) is 0 Å². The minimum absolute atomic E-state index is 0.467. The van der Waals surface area contributed by atoms with Crippen molar-refractivity contribution < 1.29 is 8.83 Å². The molecule has 10 aromatic rings. The first-order valence-electron chi connectivity index (χ1n) is 14.6. The smallest absolute Gasteiger partial charge is 0.160 e. The lowest BCUT2D eigenvalue weighted by molar-refractivity contribution is 0.670. The van der Waals surface area contributed by atoms with Gasteiger partial charge in [-0.25, -0.2) is 0 Å². The summed E-state index contributed by atoms with van der Waals surface area (Å²) < 4.78 is 15.7. The van der Waals surface area contributed by atoms with Gasteiger partial charge >= 0.3 is 0 Å². The summed E-state index contributed by atoms with van der Waals surface area (Å²) in [6, 6.07) is 39.4. The van der Waals surface area contributed by atoms with Gasteiger partial charge in [-0.3, -0.25) is 0 Å². The van der Waals surface area contributed by atoms with Gasteiger partial charge in [-0.2, -0.15) is 0 Å². The highest BCUT2D eigenvalue weighted by Gasteiger charge is 2.25. The third-order valence-electron chi connectivity index (χ3n) is 9.29. The Balaban J connectivity index is 1.46. The van der Waals surface area contributed by atoms with E-state index >= 15 is 0 Å². The standard InChI is InChI=1S/C39H25NO2/c1-21(2)22-8-7-9-23(18-22)24-19-31-27-14-16-29-25-10-3-5-12-33(25)41-38(29)36(27)40-35(31)32(20-24)28-15-17-30-26-11-4-6-13-34(26)42-39(30)37(28)40/h3-21H,1-2H3. The van der Waals surface area contributed by atoms with E-state index in [1.165, 1.54) is 43.8 Å². The SMILES string of the molecule is CC(C)c1cccc(-c2cc3c4ccc5c6ccccc6oc5c4n4c3c(c2)c2ccc3c5ccccc5oc3c24)c1. The van der Waals surface area contributed by atoms with Crippen molar-refractivity contribution in [3.05, 3.63) is 115 Å². The molecule has 198 valence electrons. The summed E-state index contributed by atoms with van der Waals surface area (Å²) in [5, 5.41) is 9.39. The maximum Gasteiger partial charge on any atom is 0.160 e. The van der Waals surface area contributed by atoms with Gasteiger partial charge in [0.05, 0.1) is 16.6 Å². The first-order chi connectivity index (χ1) is 20.7. The molecule has 0 saturated heterocycles. The largest absolute Gasteiger partial charge is 0.454 e. The number of aromatic nitrogens is 1. The van der Waals surface area contributed by atoms with Crippen molar-refractivity contribution in [3.8, 4) is 11.1 Å². The van der Waals surface area contributed by atoms with Crippen LogP contribution < -0.4 is 0 Å². The molecule has 4 aromatic heterocycles. The second-order valence-corrected chi connectivity index (χ2v) is 11.9. The van der Waals surface area contributed by atoms with Gasteiger partial charge in [0.15, 0.2) is 11.2 Å². The molecule has 3 heteroatoms. The zero-order valence-electron chi connectivity index (χ0n) is 23.2. The van der Waals surface area contributed by atoms with E-state index < -0.39 is 0 Å². The number of furan rings is 2. The van der Waals surface area contributed by atoms with Crippen LogP contribution in [0.2, 0.25) is 0 Å². The second kappa shape index (κ2) is 7.71. The minimum atomic E-state index is 0.467. The van der Waals surface area contributed by atoms with E-state index in [0.29, 0.717) is 5.92 Å². The van der Waals surface area contributed by atoms with Crippen molar-refractivity contribution in [1.29, 1.82) is 0 Å². The number of nitrogens with zero attached hydrogens (tertiary/aromatic N) is 1. The van der Waals surface area contributed by atoms with Crippen LogP contribution in [0.25, 0.3) is 93.1 Å². The molecule has 0 radical (unpaired) electrons. The molecule has 0 fully saturated rings. The molecular weight excluding hydrogens is 514 g/mol. The fraction of sp³-hybridized carbons (Fsp3) is 0.0769. The predicted octanol–water partition coefficient (Wildman–Crippen LogP) is 11.4. The first-order valence-corrected chi connectivity index (χ1v) is 14.6. The molecule has 3 nitrogen and oxygen atoms in total. The zero-order chi connectivity index (χ0) is 27.7. The van der Waals surface area contributed by atoms with Gasteiger partial charge in [0.25, 0.3) is 0 Å². The number of hydrogen-bond acceptors (Lipinski definition) is 2. The van der Waals surface area contributed by atoms with Crippen molar-refractivity contribution >= 4 is 82.0 Å². The molecule has 0 unspecified atom stereocenters. The molecule has 0 saturated carbocycles. The van der Waals surface area contributed by atoms with Crippen LogP contribution in [-0.2, 0) is 0 Å². The van der Waals surface area contributed by atoms with Crippen LogP contribution in [0.4, 0.5) is 0 Å². The molecule has 0 aliphatic carbocycles. The zero-order valence-corrected chi connectivity index (χ0v) is 23.2. The molecule has 42 heavy (non-hydrogen) atoms. The number of hydrogen-bond donors (Lipinski definition) is 0. The summed E-state index contributed by atoms with van der Waals surface area (Å²) in [6.45, 7) is 4.51. The van der Waals surface area contributed by atoms with Crippen LogP contribution in [0.3, 0.4) is 0 Å². The molecule has 0 aliphatic heterocycles. The average Bonchev–Trinajstić information content (AvgIpc) is 3.76. The van der Waals surface area contributed by atoms with Crippen molar-refractivity contribution in [1.82, 2.24) is 4.40 Å². The summed E-state index contributed by atoms with van der Waals surface area (Å²) in [4.78, 5) is 0. The molecule has 0 atom stereocenters. The fourth-order valence-corrected chi connectivity index (χ4v) is 7.29. The number of para-hydroxylation sites is 2. The predicted molar refractivity (Wildman–Crippen MR) is 175 cm³/mol. The van der Waals surface area contributed by atoms with Crippen LogP contribution >= 0.6 is 0 Å². The third kappa shape index (κ3) is 2.71. The van der Waals surface area contributed by atoms with Gasteiger partial charge in [0.2, 0.25) is 0 Å². The van der Waals surface area contributed by atoms with E-state index in [9.17, 15) is 0 Å². The highest BCUT2D eigenvalue weighted by molar-refractivity contribution is 6.31. The molecule has 0 spiro atoms. The van der Waals surface area contributed by atoms with Crippen LogP contribution in [-0.4, -0.2) is 4.40 Å². The van der Waals surface area contributed by atoms with Gasteiger partial charge < -0.3 is 13.2 Å². The van der Waals surface area contributed by atoms with Crippen molar-refractivity contribution in [2.45, 2.75) is 19.8 Å². The highest BCUT2D eigenvalue weighted by Crippen LogP contribution is 2.47. The summed E-state index contributed by atoms with van der Waals surface area (Å²) in [7, 11) is 0. The Morgan fingerprint density at radius 3 is 1.57 bits per heavy atom. The van der Waals surface area contributed by atoms with Gasteiger partial charge in [0, 0.05) is 43.1 Å². The molecule has 0 bridgehead atoms.